The van der Waals surface area contributed by atoms with Crippen LogP contribution in [-0.2, 0) is 0 Å². The molecule has 1 unspecified atom stereocenters. The highest BCUT2D eigenvalue weighted by atomic mass is 35.5. The third-order valence-electron chi connectivity index (χ3n) is 1.79. The Morgan fingerprint density at radius 2 is 1.62 bits per heavy atom. The summed E-state index contributed by atoms with van der Waals surface area (Å²) in [5.74, 6) is 1.71. The molecule has 0 aromatic carbocycles. The van der Waals surface area contributed by atoms with Crippen molar-refractivity contribution in [1.29, 1.82) is 0 Å². The Morgan fingerprint density at radius 3 is 1.85 bits per heavy atom. The predicted molar refractivity (Wildman–Crippen MR) is 65.3 cm³/mol. The Kier molecular flexibility index (Phi) is 28.2. The number of aliphatic hydroxyl groups is 1. The van der Waals surface area contributed by atoms with Crippen molar-refractivity contribution in [2.45, 2.75) is 46.5 Å². The van der Waals surface area contributed by atoms with Crippen LogP contribution in [0.4, 0.5) is 0 Å². The Labute approximate surface area is 104 Å². The monoisotopic (exact) mass is 220 g/mol. The van der Waals surface area contributed by atoms with Gasteiger partial charge in [-0.2, -0.15) is 0 Å². The van der Waals surface area contributed by atoms with Crippen LogP contribution in [0.3, 0.4) is 0 Å². The lowest BCUT2D eigenvalue weighted by atomic mass is 9.98. The Balaban J connectivity index is -0.000000220. The van der Waals surface area contributed by atoms with Crippen molar-refractivity contribution in [1.82, 2.24) is 0 Å². The molecule has 0 aromatic heterocycles. The molecule has 0 fully saturated rings. The van der Waals surface area contributed by atoms with Crippen molar-refractivity contribution < 1.29 is 5.11 Å². The van der Waals surface area contributed by atoms with Crippen molar-refractivity contribution in [2.24, 2.45) is 5.92 Å². The highest BCUT2D eigenvalue weighted by molar-refractivity contribution is 6.17. The predicted octanol–water partition coefficient (Wildman–Crippen LogP) is 2.52. The molecule has 1 N–H and O–H groups in total. The van der Waals surface area contributed by atoms with E-state index in [1.54, 1.807) is 6.92 Å². The van der Waals surface area contributed by atoms with Crippen molar-refractivity contribution in [3.05, 3.63) is 0 Å². The Morgan fingerprint density at radius 1 is 1.15 bits per heavy atom. The van der Waals surface area contributed by atoms with Gasteiger partial charge in [0.05, 0.1) is 0 Å². The van der Waals surface area contributed by atoms with E-state index in [-0.39, 0.29) is 29.7 Å². The first kappa shape index (κ1) is 19.6. The summed E-state index contributed by atoms with van der Waals surface area (Å²) in [5.41, 5.74) is 0. The molecule has 0 aliphatic heterocycles. The van der Waals surface area contributed by atoms with Gasteiger partial charge in [0.15, 0.2) is 0 Å². The van der Waals surface area contributed by atoms with E-state index >= 15 is 0 Å². The van der Waals surface area contributed by atoms with Gasteiger partial charge >= 0.3 is 23.1 Å². The third-order valence-corrected chi connectivity index (χ3v) is 2.01. The average Bonchev–Trinajstić information content (AvgIpc) is 2.05. The smallest absolute Gasteiger partial charge is 0.316 e. The molecule has 13 heavy (non-hydrogen) atoms. The maximum absolute atomic E-state index is 7.57. The summed E-state index contributed by atoms with van der Waals surface area (Å²) >= 11 is 5.61. The third kappa shape index (κ3) is 19.4. The van der Waals surface area contributed by atoms with Gasteiger partial charge in [0.1, 0.15) is 0 Å². The fourth-order valence-corrected chi connectivity index (χ4v) is 1.42. The van der Waals surface area contributed by atoms with E-state index in [0.717, 1.165) is 11.8 Å². The van der Waals surface area contributed by atoms with Crippen LogP contribution >= 0.6 is 11.6 Å². The summed E-state index contributed by atoms with van der Waals surface area (Å²) in [6.45, 7) is 6.41. The molecule has 0 rings (SSSR count). The molecule has 0 radical (unpaired) electrons. The van der Waals surface area contributed by atoms with Gasteiger partial charge in [0.25, 0.3) is 0 Å². The zero-order valence-corrected chi connectivity index (χ0v) is 9.40. The molecule has 0 spiro atoms. The van der Waals surface area contributed by atoms with Crippen LogP contribution in [0.5, 0.6) is 0 Å². The summed E-state index contributed by atoms with van der Waals surface area (Å²) in [6, 6.07) is 0. The van der Waals surface area contributed by atoms with Gasteiger partial charge < -0.3 is 5.11 Å². The molecule has 1 nitrogen and oxygen atoms in total. The average molecular weight is 221 g/mol. The van der Waals surface area contributed by atoms with Crippen LogP contribution in [0.1, 0.15) is 46.5 Å². The minimum atomic E-state index is 0. The van der Waals surface area contributed by atoms with E-state index in [1.807, 2.05) is 0 Å². The highest BCUT2D eigenvalue weighted by Gasteiger charge is 2.01. The van der Waals surface area contributed by atoms with Gasteiger partial charge in [-0.15, -0.1) is 11.6 Å². The summed E-state index contributed by atoms with van der Waals surface area (Å²) in [7, 11) is 0. The number of hydrogen-bond donors (Lipinski definition) is 1. The van der Waals surface area contributed by atoms with E-state index in [4.69, 9.17) is 16.7 Å². The van der Waals surface area contributed by atoms with Crippen molar-refractivity contribution in [3.8, 4) is 0 Å². The number of rotatable bonds is 5. The standard InChI is InChI=1S/C8H17Cl.C2H6O.Mg.2H/c1-3-5-8(4-2)6-7-9;1-2-3;;;/h8H,3-7H2,1-2H3;3H,2H2,1H3;;;. The normalized spacial score (nSPS) is 10.8. The highest BCUT2D eigenvalue weighted by Crippen LogP contribution is 2.15. The molecule has 0 aliphatic rings. The molecular formula is C10H25ClMgO. The molecule has 0 heterocycles. The van der Waals surface area contributed by atoms with Crippen LogP contribution in [0.15, 0.2) is 0 Å². The van der Waals surface area contributed by atoms with E-state index in [0.29, 0.717) is 0 Å². The van der Waals surface area contributed by atoms with E-state index in [1.165, 1.54) is 25.7 Å². The van der Waals surface area contributed by atoms with E-state index in [2.05, 4.69) is 13.8 Å². The molecule has 0 aromatic rings. The molecule has 0 aliphatic carbocycles. The van der Waals surface area contributed by atoms with Gasteiger partial charge in [0.2, 0.25) is 0 Å². The second-order valence-corrected chi connectivity index (χ2v) is 3.23. The number of halogens is 1. The summed E-state index contributed by atoms with van der Waals surface area (Å²) in [5, 5.41) is 7.57. The fourth-order valence-electron chi connectivity index (χ4n) is 1.12. The second kappa shape index (κ2) is 18.7. The van der Waals surface area contributed by atoms with Crippen LogP contribution < -0.4 is 0 Å². The molecule has 0 amide bonds. The van der Waals surface area contributed by atoms with Crippen molar-refractivity contribution >= 4 is 34.7 Å². The number of alkyl halides is 1. The molecule has 1 atom stereocenters. The molecule has 0 saturated heterocycles. The topological polar surface area (TPSA) is 20.2 Å². The van der Waals surface area contributed by atoms with Crippen LogP contribution in [0, 0.1) is 5.92 Å². The lowest BCUT2D eigenvalue weighted by Gasteiger charge is -2.09. The first-order valence-corrected chi connectivity index (χ1v) is 5.46. The van der Waals surface area contributed by atoms with Crippen LogP contribution in [0.2, 0.25) is 0 Å². The fraction of sp³-hybridized carbons (Fsp3) is 1.00. The van der Waals surface area contributed by atoms with Crippen LogP contribution in [0.25, 0.3) is 0 Å². The summed E-state index contributed by atoms with van der Waals surface area (Å²) in [6.07, 6.45) is 5.14. The maximum atomic E-state index is 7.57. The molecule has 80 valence electrons. The molecule has 0 bridgehead atoms. The van der Waals surface area contributed by atoms with Crippen molar-refractivity contribution in [2.75, 3.05) is 12.5 Å². The minimum Gasteiger partial charge on any atom is -0.397 e. The van der Waals surface area contributed by atoms with Gasteiger partial charge in [-0.3, -0.25) is 0 Å². The van der Waals surface area contributed by atoms with Crippen molar-refractivity contribution in [3.63, 3.8) is 0 Å². The van der Waals surface area contributed by atoms with E-state index in [9.17, 15) is 0 Å². The maximum Gasteiger partial charge on any atom is 0.316 e. The Hall–Kier alpha value is 1.02. The molecular weight excluding hydrogens is 196 g/mol. The lowest BCUT2D eigenvalue weighted by Crippen LogP contribution is -1.98. The first-order chi connectivity index (χ1) is 5.76. The lowest BCUT2D eigenvalue weighted by molar-refractivity contribution is 0.318. The first-order valence-electron chi connectivity index (χ1n) is 4.93. The minimum absolute atomic E-state index is 0. The zero-order valence-electron chi connectivity index (χ0n) is 8.65. The summed E-state index contributed by atoms with van der Waals surface area (Å²) < 4.78 is 0. The quantitative estimate of drug-likeness (QED) is 0.558. The van der Waals surface area contributed by atoms with Gasteiger partial charge in [0, 0.05) is 12.5 Å². The molecule has 0 saturated carbocycles. The SMILES string of the molecule is CCCC(CC)CCCl.CCO.[MgH2]. The zero-order chi connectivity index (χ0) is 9.82. The molecule has 3 heteroatoms. The van der Waals surface area contributed by atoms with Crippen LogP contribution in [-0.4, -0.2) is 40.6 Å². The second-order valence-electron chi connectivity index (χ2n) is 2.86. The van der Waals surface area contributed by atoms with E-state index < -0.39 is 0 Å². The van der Waals surface area contributed by atoms with Gasteiger partial charge in [-0.25, -0.2) is 0 Å². The number of hydrogen-bond acceptors (Lipinski definition) is 1. The van der Waals surface area contributed by atoms with Gasteiger partial charge in [-0.05, 0) is 19.3 Å². The largest absolute Gasteiger partial charge is 0.397 e. The number of aliphatic hydroxyl groups excluding tert-OH is 1. The van der Waals surface area contributed by atoms with Gasteiger partial charge in [-0.1, -0.05) is 33.1 Å². The Bertz CT molecular complexity index is 65.9. The summed E-state index contributed by atoms with van der Waals surface area (Å²) in [4.78, 5) is 0.